The molecule has 0 atom stereocenters. The summed E-state index contributed by atoms with van der Waals surface area (Å²) in [4.78, 5) is 0. The van der Waals surface area contributed by atoms with Crippen LogP contribution in [0.3, 0.4) is 0 Å². The third-order valence-corrected chi connectivity index (χ3v) is 3.21. The molecule has 1 saturated carbocycles. The lowest BCUT2D eigenvalue weighted by atomic mass is 10.2. The first-order chi connectivity index (χ1) is 10.1. The maximum absolute atomic E-state index is 13.9. The second-order valence-electron chi connectivity index (χ2n) is 4.73. The Morgan fingerprint density at radius 1 is 1.48 bits per heavy atom. The maximum Gasteiger partial charge on any atom is 0.201 e. The predicted octanol–water partition coefficient (Wildman–Crippen LogP) is 2.37. The number of amidine groups is 1. The zero-order valence-corrected chi connectivity index (χ0v) is 11.4. The van der Waals surface area contributed by atoms with Gasteiger partial charge in [0, 0.05) is 0 Å². The molecule has 0 unspecified atom stereocenters. The number of para-hydroxylation sites is 1. The van der Waals surface area contributed by atoms with Crippen LogP contribution in [-0.4, -0.2) is 17.7 Å². The Kier molecular flexibility index (Phi) is 4.72. The van der Waals surface area contributed by atoms with E-state index in [4.69, 9.17) is 21.1 Å². The lowest BCUT2D eigenvalue weighted by molar-refractivity contribution is 0.210. The van der Waals surface area contributed by atoms with E-state index >= 15 is 0 Å². The number of hydrogen-bond donors (Lipinski definition) is 3. The minimum atomic E-state index is -0.546. The number of hydrogen-bond acceptors (Lipinski definition) is 5. The molecular weight excluding hydrogens is 273 g/mol. The third-order valence-electron chi connectivity index (χ3n) is 3.21. The van der Waals surface area contributed by atoms with Crippen LogP contribution in [-0.2, 0) is 0 Å². The van der Waals surface area contributed by atoms with E-state index in [0.717, 1.165) is 25.7 Å². The van der Waals surface area contributed by atoms with Crippen molar-refractivity contribution in [2.24, 2.45) is 10.8 Å². The molecule has 0 aromatic heterocycles. The largest absolute Gasteiger partial charge is 0.488 e. The first kappa shape index (κ1) is 14.8. The summed E-state index contributed by atoms with van der Waals surface area (Å²) in [6.45, 7) is 0. The van der Waals surface area contributed by atoms with E-state index in [1.165, 1.54) is 6.07 Å². The van der Waals surface area contributed by atoms with E-state index in [2.05, 4.69) is 10.5 Å². The summed E-state index contributed by atoms with van der Waals surface area (Å²) in [5, 5.41) is 19.6. The molecule has 6 nitrogen and oxygen atoms in total. The number of nitrogens with zero attached hydrogens (tertiary/aromatic N) is 2. The molecule has 0 heterocycles. The van der Waals surface area contributed by atoms with Crippen LogP contribution in [0.5, 0.6) is 5.75 Å². The normalized spacial score (nSPS) is 15.5. The maximum atomic E-state index is 13.9. The van der Waals surface area contributed by atoms with Crippen LogP contribution in [0.25, 0.3) is 0 Å². The Morgan fingerprint density at radius 2 is 2.19 bits per heavy atom. The zero-order chi connectivity index (χ0) is 15.2. The third kappa shape index (κ3) is 3.69. The molecular formula is C14H16FN5O. The SMILES string of the molecule is N#C/C(=N\Nc1c(F)cccc1OC1CCCC1)C(=N)N. The van der Waals surface area contributed by atoms with Crippen molar-refractivity contribution in [2.75, 3.05) is 5.43 Å². The van der Waals surface area contributed by atoms with E-state index < -0.39 is 11.7 Å². The first-order valence-corrected chi connectivity index (χ1v) is 6.65. The van der Waals surface area contributed by atoms with Crippen LogP contribution in [0.4, 0.5) is 10.1 Å². The summed E-state index contributed by atoms with van der Waals surface area (Å²) >= 11 is 0. The van der Waals surface area contributed by atoms with E-state index in [0.29, 0.717) is 5.75 Å². The molecule has 0 spiro atoms. The van der Waals surface area contributed by atoms with Crippen LogP contribution in [0, 0.1) is 22.6 Å². The standard InChI is InChI=1S/C14H16FN5O/c15-10-6-3-7-12(21-9-4-1-2-5-9)13(10)20-19-11(8-16)14(17)18/h3,6-7,9,20H,1-2,4-5H2,(H3,17,18)/b19-11+. The van der Waals surface area contributed by atoms with Gasteiger partial charge in [-0.05, 0) is 37.8 Å². The van der Waals surface area contributed by atoms with Gasteiger partial charge in [-0.3, -0.25) is 10.8 Å². The average molecular weight is 289 g/mol. The van der Waals surface area contributed by atoms with Gasteiger partial charge in [0.05, 0.1) is 6.10 Å². The van der Waals surface area contributed by atoms with Crippen LogP contribution < -0.4 is 15.9 Å². The van der Waals surface area contributed by atoms with Crippen LogP contribution in [0.2, 0.25) is 0 Å². The molecule has 0 radical (unpaired) electrons. The highest BCUT2D eigenvalue weighted by atomic mass is 19.1. The molecule has 0 amide bonds. The van der Waals surface area contributed by atoms with E-state index in [9.17, 15) is 4.39 Å². The quantitative estimate of drug-likeness (QED) is 0.439. The van der Waals surface area contributed by atoms with Crippen molar-refractivity contribution in [1.82, 2.24) is 0 Å². The molecule has 110 valence electrons. The molecule has 1 aromatic rings. The highest BCUT2D eigenvalue weighted by molar-refractivity contribution is 6.45. The Bertz CT molecular complexity index is 602. The molecule has 1 aromatic carbocycles. The fourth-order valence-corrected chi connectivity index (χ4v) is 2.15. The highest BCUT2D eigenvalue weighted by Gasteiger charge is 2.19. The number of ether oxygens (including phenoxy) is 1. The van der Waals surface area contributed by atoms with E-state index in [1.54, 1.807) is 18.2 Å². The van der Waals surface area contributed by atoms with Gasteiger partial charge in [-0.25, -0.2) is 4.39 Å². The molecule has 21 heavy (non-hydrogen) atoms. The molecule has 0 bridgehead atoms. The van der Waals surface area contributed by atoms with Crippen molar-refractivity contribution in [2.45, 2.75) is 31.8 Å². The van der Waals surface area contributed by atoms with Crippen LogP contribution in [0.1, 0.15) is 25.7 Å². The Morgan fingerprint density at radius 3 is 2.81 bits per heavy atom. The number of hydrazone groups is 1. The number of nitrogens with one attached hydrogen (secondary N) is 2. The topological polar surface area (TPSA) is 107 Å². The second-order valence-corrected chi connectivity index (χ2v) is 4.73. The zero-order valence-electron chi connectivity index (χ0n) is 11.4. The smallest absolute Gasteiger partial charge is 0.201 e. The Labute approximate surface area is 121 Å². The van der Waals surface area contributed by atoms with Gasteiger partial charge in [0.25, 0.3) is 0 Å². The van der Waals surface area contributed by atoms with Crippen molar-refractivity contribution in [3.05, 3.63) is 24.0 Å². The highest BCUT2D eigenvalue weighted by Crippen LogP contribution is 2.31. The van der Waals surface area contributed by atoms with Gasteiger partial charge in [0.1, 0.15) is 17.5 Å². The molecule has 4 N–H and O–H groups in total. The average Bonchev–Trinajstić information content (AvgIpc) is 2.94. The van der Waals surface area contributed by atoms with Gasteiger partial charge in [-0.15, -0.1) is 0 Å². The lowest BCUT2D eigenvalue weighted by Crippen LogP contribution is -2.22. The van der Waals surface area contributed by atoms with Crippen LogP contribution in [0.15, 0.2) is 23.3 Å². The van der Waals surface area contributed by atoms with Gasteiger partial charge in [0.15, 0.2) is 11.7 Å². The summed E-state index contributed by atoms with van der Waals surface area (Å²) in [5.41, 5.74) is 7.34. The van der Waals surface area contributed by atoms with Crippen molar-refractivity contribution in [1.29, 1.82) is 10.7 Å². The minimum Gasteiger partial charge on any atom is -0.488 e. The number of benzene rings is 1. The monoisotopic (exact) mass is 289 g/mol. The Balaban J connectivity index is 2.21. The van der Waals surface area contributed by atoms with Crippen molar-refractivity contribution in [3.63, 3.8) is 0 Å². The van der Waals surface area contributed by atoms with Gasteiger partial charge in [0.2, 0.25) is 5.71 Å². The lowest BCUT2D eigenvalue weighted by Gasteiger charge is -2.16. The molecule has 1 fully saturated rings. The second kappa shape index (κ2) is 6.70. The number of nitrogens with two attached hydrogens (primary N) is 1. The molecule has 1 aliphatic carbocycles. The summed E-state index contributed by atoms with van der Waals surface area (Å²) in [5.74, 6) is -0.693. The minimum absolute atomic E-state index is 0.0402. The first-order valence-electron chi connectivity index (χ1n) is 6.65. The van der Waals surface area contributed by atoms with Gasteiger partial charge in [-0.1, -0.05) is 6.07 Å². The molecule has 0 saturated heterocycles. The summed E-state index contributed by atoms with van der Waals surface area (Å²) < 4.78 is 19.7. The van der Waals surface area contributed by atoms with Gasteiger partial charge < -0.3 is 10.5 Å². The van der Waals surface area contributed by atoms with Gasteiger partial charge >= 0.3 is 0 Å². The molecule has 0 aliphatic heterocycles. The molecule has 7 heteroatoms. The molecule has 1 aliphatic rings. The Hall–Kier alpha value is -2.62. The summed E-state index contributed by atoms with van der Waals surface area (Å²) in [7, 11) is 0. The summed E-state index contributed by atoms with van der Waals surface area (Å²) in [6, 6.07) is 6.11. The van der Waals surface area contributed by atoms with Gasteiger partial charge in [-0.2, -0.15) is 10.4 Å². The number of nitriles is 1. The van der Waals surface area contributed by atoms with Crippen molar-refractivity contribution in [3.8, 4) is 11.8 Å². The molecule has 2 rings (SSSR count). The fraction of sp³-hybridized carbons (Fsp3) is 0.357. The van der Waals surface area contributed by atoms with Crippen molar-refractivity contribution < 1.29 is 9.13 Å². The number of rotatable bonds is 5. The van der Waals surface area contributed by atoms with E-state index in [-0.39, 0.29) is 17.5 Å². The number of halogens is 1. The summed E-state index contributed by atoms with van der Waals surface area (Å²) in [6.07, 6.45) is 4.15. The predicted molar refractivity (Wildman–Crippen MR) is 77.9 cm³/mol. The number of anilines is 1. The van der Waals surface area contributed by atoms with E-state index in [1.807, 2.05) is 0 Å². The van der Waals surface area contributed by atoms with Crippen LogP contribution >= 0.6 is 0 Å². The fourth-order valence-electron chi connectivity index (χ4n) is 2.15. The van der Waals surface area contributed by atoms with Crippen molar-refractivity contribution >= 4 is 17.2 Å².